The van der Waals surface area contributed by atoms with E-state index in [1.807, 2.05) is 24.3 Å². The molecule has 110 valence electrons. The van der Waals surface area contributed by atoms with Crippen LogP contribution < -0.4 is 11.1 Å². The Bertz CT molecular complexity index is 433. The van der Waals surface area contributed by atoms with E-state index in [2.05, 4.69) is 12.2 Å². The summed E-state index contributed by atoms with van der Waals surface area (Å²) in [6, 6.07) is 7.77. The van der Waals surface area contributed by atoms with Gasteiger partial charge in [0.1, 0.15) is 0 Å². The van der Waals surface area contributed by atoms with Gasteiger partial charge in [-0.05, 0) is 48.9 Å². The van der Waals surface area contributed by atoms with Crippen LogP contribution in [0.5, 0.6) is 0 Å². The van der Waals surface area contributed by atoms with Crippen LogP contribution >= 0.6 is 0 Å². The number of rotatable bonds is 5. The van der Waals surface area contributed by atoms with Crippen molar-refractivity contribution in [2.45, 2.75) is 45.4 Å². The molecule has 1 aromatic rings. The van der Waals surface area contributed by atoms with Gasteiger partial charge in [0.05, 0.1) is 0 Å². The van der Waals surface area contributed by atoms with Gasteiger partial charge >= 0.3 is 0 Å². The highest BCUT2D eigenvalue weighted by molar-refractivity contribution is 5.94. The van der Waals surface area contributed by atoms with Crippen molar-refractivity contribution in [1.82, 2.24) is 5.32 Å². The van der Waals surface area contributed by atoms with Crippen molar-refractivity contribution in [2.75, 3.05) is 13.1 Å². The summed E-state index contributed by atoms with van der Waals surface area (Å²) < 4.78 is 0. The van der Waals surface area contributed by atoms with Gasteiger partial charge in [0.25, 0.3) is 5.91 Å². The molecule has 3 N–H and O–H groups in total. The van der Waals surface area contributed by atoms with Crippen LogP contribution in [0.2, 0.25) is 0 Å². The number of nitrogens with one attached hydrogen (secondary N) is 1. The highest BCUT2D eigenvalue weighted by Crippen LogP contribution is 2.34. The largest absolute Gasteiger partial charge is 0.351 e. The standard InChI is InChI=1S/C17H26N2O/c1-17(10-3-2-4-11-17)13-19-16(20)15-7-5-14(6-8-15)9-12-18/h5-8H,2-4,9-13,18H2,1H3,(H,19,20). The fourth-order valence-corrected chi connectivity index (χ4v) is 2.97. The van der Waals surface area contributed by atoms with Crippen molar-refractivity contribution in [3.8, 4) is 0 Å². The van der Waals surface area contributed by atoms with E-state index >= 15 is 0 Å². The number of hydrogen-bond donors (Lipinski definition) is 2. The van der Waals surface area contributed by atoms with Crippen LogP contribution in [0.1, 0.15) is 54.9 Å². The molecule has 0 radical (unpaired) electrons. The van der Waals surface area contributed by atoms with Crippen molar-refractivity contribution in [3.63, 3.8) is 0 Å². The number of carbonyl (C=O) groups is 1. The van der Waals surface area contributed by atoms with E-state index in [4.69, 9.17) is 5.73 Å². The maximum absolute atomic E-state index is 12.2. The summed E-state index contributed by atoms with van der Waals surface area (Å²) in [6.07, 6.45) is 7.23. The summed E-state index contributed by atoms with van der Waals surface area (Å²) >= 11 is 0. The van der Waals surface area contributed by atoms with Crippen molar-refractivity contribution in [2.24, 2.45) is 11.1 Å². The van der Waals surface area contributed by atoms with Gasteiger partial charge < -0.3 is 11.1 Å². The van der Waals surface area contributed by atoms with Gasteiger partial charge in [-0.15, -0.1) is 0 Å². The van der Waals surface area contributed by atoms with E-state index in [9.17, 15) is 4.79 Å². The Morgan fingerprint density at radius 3 is 2.45 bits per heavy atom. The maximum Gasteiger partial charge on any atom is 0.251 e. The monoisotopic (exact) mass is 274 g/mol. The molecule has 1 amide bonds. The molecular weight excluding hydrogens is 248 g/mol. The molecule has 0 aromatic heterocycles. The van der Waals surface area contributed by atoms with Crippen LogP contribution in [0.15, 0.2) is 24.3 Å². The Morgan fingerprint density at radius 1 is 1.20 bits per heavy atom. The Labute approximate surface area is 121 Å². The molecule has 0 atom stereocenters. The molecule has 20 heavy (non-hydrogen) atoms. The Kier molecular flexibility index (Phi) is 5.18. The second kappa shape index (κ2) is 6.89. The van der Waals surface area contributed by atoms with Gasteiger partial charge in [-0.25, -0.2) is 0 Å². The van der Waals surface area contributed by atoms with Crippen LogP contribution in [0.25, 0.3) is 0 Å². The minimum absolute atomic E-state index is 0.0381. The first-order valence-electron chi connectivity index (χ1n) is 7.70. The van der Waals surface area contributed by atoms with Crippen LogP contribution in [-0.4, -0.2) is 19.0 Å². The lowest BCUT2D eigenvalue weighted by Crippen LogP contribution is -2.37. The molecule has 0 saturated heterocycles. The highest BCUT2D eigenvalue weighted by atomic mass is 16.1. The molecule has 3 heteroatoms. The van der Waals surface area contributed by atoms with Gasteiger partial charge in [-0.2, -0.15) is 0 Å². The van der Waals surface area contributed by atoms with Crippen molar-refractivity contribution < 1.29 is 4.79 Å². The maximum atomic E-state index is 12.2. The third-order valence-electron chi connectivity index (χ3n) is 4.39. The zero-order chi connectivity index (χ0) is 14.4. The van der Waals surface area contributed by atoms with Crippen LogP contribution in [-0.2, 0) is 6.42 Å². The fourth-order valence-electron chi connectivity index (χ4n) is 2.97. The second-order valence-corrected chi connectivity index (χ2v) is 6.29. The second-order valence-electron chi connectivity index (χ2n) is 6.29. The predicted molar refractivity (Wildman–Crippen MR) is 82.7 cm³/mol. The molecule has 0 aliphatic heterocycles. The fraction of sp³-hybridized carbons (Fsp3) is 0.588. The first-order valence-corrected chi connectivity index (χ1v) is 7.70. The lowest BCUT2D eigenvalue weighted by molar-refractivity contribution is 0.0919. The summed E-state index contributed by atoms with van der Waals surface area (Å²) in [6.45, 7) is 3.72. The topological polar surface area (TPSA) is 55.1 Å². The van der Waals surface area contributed by atoms with Gasteiger partial charge in [0, 0.05) is 12.1 Å². The Hall–Kier alpha value is -1.35. The summed E-state index contributed by atoms with van der Waals surface area (Å²) in [4.78, 5) is 12.2. The van der Waals surface area contributed by atoms with E-state index < -0.39 is 0 Å². The summed E-state index contributed by atoms with van der Waals surface area (Å²) in [5, 5.41) is 3.10. The van der Waals surface area contributed by atoms with Gasteiger partial charge in [0.2, 0.25) is 0 Å². The third kappa shape index (κ3) is 4.07. The molecule has 3 nitrogen and oxygen atoms in total. The number of nitrogens with two attached hydrogens (primary N) is 1. The number of benzene rings is 1. The van der Waals surface area contributed by atoms with E-state index in [-0.39, 0.29) is 11.3 Å². The number of carbonyl (C=O) groups excluding carboxylic acids is 1. The lowest BCUT2D eigenvalue weighted by Gasteiger charge is -2.33. The third-order valence-corrected chi connectivity index (χ3v) is 4.39. The first-order chi connectivity index (χ1) is 9.63. The van der Waals surface area contributed by atoms with E-state index in [1.165, 1.54) is 37.7 Å². The normalized spacial score (nSPS) is 17.7. The van der Waals surface area contributed by atoms with E-state index in [0.29, 0.717) is 6.54 Å². The summed E-state index contributed by atoms with van der Waals surface area (Å²) in [5.74, 6) is 0.0381. The van der Waals surface area contributed by atoms with Crippen LogP contribution in [0.3, 0.4) is 0 Å². The van der Waals surface area contributed by atoms with Crippen LogP contribution in [0.4, 0.5) is 0 Å². The summed E-state index contributed by atoms with van der Waals surface area (Å²) in [7, 11) is 0. The zero-order valence-electron chi connectivity index (χ0n) is 12.5. The molecule has 0 spiro atoms. The minimum Gasteiger partial charge on any atom is -0.351 e. The quantitative estimate of drug-likeness (QED) is 0.867. The van der Waals surface area contributed by atoms with Crippen molar-refractivity contribution in [1.29, 1.82) is 0 Å². The number of hydrogen-bond acceptors (Lipinski definition) is 2. The molecule has 1 saturated carbocycles. The Balaban J connectivity index is 1.87. The average Bonchev–Trinajstić information content (AvgIpc) is 2.47. The molecule has 0 heterocycles. The molecule has 0 unspecified atom stereocenters. The molecular formula is C17H26N2O. The molecule has 1 aliphatic rings. The highest BCUT2D eigenvalue weighted by Gasteiger charge is 2.27. The Morgan fingerprint density at radius 2 is 1.85 bits per heavy atom. The number of amides is 1. The average molecular weight is 274 g/mol. The van der Waals surface area contributed by atoms with E-state index in [0.717, 1.165) is 18.5 Å². The molecule has 2 rings (SSSR count). The van der Waals surface area contributed by atoms with Crippen LogP contribution in [0, 0.1) is 5.41 Å². The lowest BCUT2D eigenvalue weighted by atomic mass is 9.76. The van der Waals surface area contributed by atoms with Gasteiger partial charge in [-0.1, -0.05) is 38.3 Å². The summed E-state index contributed by atoms with van der Waals surface area (Å²) in [5.41, 5.74) is 7.73. The molecule has 1 aromatic carbocycles. The smallest absolute Gasteiger partial charge is 0.251 e. The molecule has 1 aliphatic carbocycles. The van der Waals surface area contributed by atoms with Crippen molar-refractivity contribution in [3.05, 3.63) is 35.4 Å². The minimum atomic E-state index is 0.0381. The van der Waals surface area contributed by atoms with Gasteiger partial charge in [0.15, 0.2) is 0 Å². The van der Waals surface area contributed by atoms with Gasteiger partial charge in [-0.3, -0.25) is 4.79 Å². The molecule has 1 fully saturated rings. The zero-order valence-corrected chi connectivity index (χ0v) is 12.5. The SMILES string of the molecule is CC1(CNC(=O)c2ccc(CCN)cc2)CCCCC1. The van der Waals surface area contributed by atoms with E-state index in [1.54, 1.807) is 0 Å². The van der Waals surface area contributed by atoms with Crippen molar-refractivity contribution >= 4 is 5.91 Å². The first kappa shape index (κ1) is 15.0. The molecule has 0 bridgehead atoms. The predicted octanol–water partition coefficient (Wildman–Crippen LogP) is 2.89.